The van der Waals surface area contributed by atoms with Gasteiger partial charge >= 0.3 is 11.9 Å². The number of nitrogens with one attached hydrogen (secondary N) is 1. The maximum absolute atomic E-state index is 12.8. The van der Waals surface area contributed by atoms with Gasteiger partial charge in [0.2, 0.25) is 0 Å². The van der Waals surface area contributed by atoms with Crippen LogP contribution in [0.3, 0.4) is 0 Å². The van der Waals surface area contributed by atoms with Crippen molar-refractivity contribution in [3.63, 3.8) is 0 Å². The van der Waals surface area contributed by atoms with Crippen molar-refractivity contribution < 1.29 is 28.6 Å². The van der Waals surface area contributed by atoms with Crippen molar-refractivity contribution >= 4 is 58.0 Å². The zero-order chi connectivity index (χ0) is 30.2. The molecule has 43 heavy (non-hydrogen) atoms. The number of carbonyl (C=O) groups excluding carboxylic acids is 3. The van der Waals surface area contributed by atoms with E-state index in [0.717, 1.165) is 10.8 Å². The number of amides is 1. The van der Waals surface area contributed by atoms with Gasteiger partial charge in [0.05, 0.1) is 17.3 Å². The Hall–Kier alpha value is -5.18. The summed E-state index contributed by atoms with van der Waals surface area (Å²) in [5.74, 6) is -1.10. The van der Waals surface area contributed by atoms with Gasteiger partial charge in [-0.15, -0.1) is 0 Å². The van der Waals surface area contributed by atoms with Gasteiger partial charge in [0.1, 0.15) is 17.2 Å². The standard InChI is InChI=1S/C33H22Cl2N2O6/c34-25-13-8-22(9-14-25)32(39)42-27-17-12-24(30(18-27)43-33(40)23-10-15-26(35)16-11-23)19-36-37-31(38)20-41-29-7-3-5-21-4-1-2-6-28(21)29/h1-19H,20H2,(H,37,38)/b36-19-. The van der Waals surface area contributed by atoms with E-state index in [1.807, 2.05) is 36.4 Å². The Kier molecular flexibility index (Phi) is 9.31. The van der Waals surface area contributed by atoms with E-state index in [1.54, 1.807) is 30.3 Å². The molecule has 0 aromatic heterocycles. The summed E-state index contributed by atoms with van der Waals surface area (Å²) >= 11 is 11.8. The van der Waals surface area contributed by atoms with Crippen LogP contribution in [-0.4, -0.2) is 30.7 Å². The van der Waals surface area contributed by atoms with Gasteiger partial charge in [-0.05, 0) is 72.1 Å². The number of halogens is 2. The highest BCUT2D eigenvalue weighted by Crippen LogP contribution is 2.27. The fourth-order valence-corrected chi connectivity index (χ4v) is 4.19. The van der Waals surface area contributed by atoms with Gasteiger partial charge in [0.25, 0.3) is 5.91 Å². The maximum Gasteiger partial charge on any atom is 0.343 e. The number of hydrazone groups is 1. The zero-order valence-electron chi connectivity index (χ0n) is 22.3. The predicted molar refractivity (Wildman–Crippen MR) is 164 cm³/mol. The highest BCUT2D eigenvalue weighted by Gasteiger charge is 2.15. The first-order valence-electron chi connectivity index (χ1n) is 12.9. The average molecular weight is 613 g/mol. The quantitative estimate of drug-likeness (QED) is 0.0823. The van der Waals surface area contributed by atoms with Crippen LogP contribution in [0.1, 0.15) is 26.3 Å². The largest absolute Gasteiger partial charge is 0.483 e. The van der Waals surface area contributed by atoms with Gasteiger partial charge in [0, 0.05) is 27.1 Å². The molecule has 5 aromatic carbocycles. The molecule has 1 amide bonds. The molecule has 0 aliphatic rings. The van der Waals surface area contributed by atoms with E-state index in [1.165, 1.54) is 48.7 Å². The first kappa shape index (κ1) is 29.3. The lowest BCUT2D eigenvalue weighted by Crippen LogP contribution is -2.24. The highest BCUT2D eigenvalue weighted by atomic mass is 35.5. The van der Waals surface area contributed by atoms with Crippen LogP contribution < -0.4 is 19.6 Å². The number of rotatable bonds is 9. The van der Waals surface area contributed by atoms with Crippen LogP contribution in [0.5, 0.6) is 17.2 Å². The third-order valence-corrected chi connectivity index (χ3v) is 6.56. The van der Waals surface area contributed by atoms with E-state index in [0.29, 0.717) is 21.4 Å². The molecule has 8 nitrogen and oxygen atoms in total. The molecule has 0 aliphatic heterocycles. The molecule has 0 heterocycles. The Bertz CT molecular complexity index is 1820. The molecule has 0 saturated heterocycles. The maximum atomic E-state index is 12.8. The summed E-state index contributed by atoms with van der Waals surface area (Å²) < 4.78 is 16.8. The minimum absolute atomic E-state index is 0.0337. The van der Waals surface area contributed by atoms with Crippen molar-refractivity contribution in [2.45, 2.75) is 0 Å². The Morgan fingerprint density at radius 3 is 2.02 bits per heavy atom. The van der Waals surface area contributed by atoms with E-state index in [4.69, 9.17) is 37.4 Å². The number of esters is 2. The summed E-state index contributed by atoms with van der Waals surface area (Å²) in [6, 6.07) is 30.0. The fraction of sp³-hybridized carbons (Fsp3) is 0.0303. The minimum atomic E-state index is -0.681. The summed E-state index contributed by atoms with van der Waals surface area (Å²) in [6.07, 6.45) is 1.30. The van der Waals surface area contributed by atoms with E-state index < -0.39 is 17.8 Å². The molecule has 0 unspecified atom stereocenters. The predicted octanol–water partition coefficient (Wildman–Crippen LogP) is 7.11. The molecule has 5 aromatic rings. The topological polar surface area (TPSA) is 103 Å². The van der Waals surface area contributed by atoms with E-state index in [9.17, 15) is 14.4 Å². The van der Waals surface area contributed by atoms with Crippen LogP contribution in [0.2, 0.25) is 10.0 Å². The molecule has 0 atom stereocenters. The second kappa shape index (κ2) is 13.7. The lowest BCUT2D eigenvalue weighted by Gasteiger charge is -2.11. The molecule has 0 radical (unpaired) electrons. The van der Waals surface area contributed by atoms with Crippen LogP contribution in [-0.2, 0) is 4.79 Å². The van der Waals surface area contributed by atoms with E-state index in [2.05, 4.69) is 10.5 Å². The SMILES string of the molecule is O=C(COc1cccc2ccccc12)N/N=C\c1ccc(OC(=O)c2ccc(Cl)cc2)cc1OC(=O)c1ccc(Cl)cc1. The van der Waals surface area contributed by atoms with Crippen LogP contribution in [0.25, 0.3) is 10.8 Å². The molecular formula is C33H22Cl2N2O6. The highest BCUT2D eigenvalue weighted by molar-refractivity contribution is 6.31. The van der Waals surface area contributed by atoms with Crippen molar-refractivity contribution in [1.29, 1.82) is 0 Å². The second-order valence-corrected chi connectivity index (χ2v) is 9.92. The second-order valence-electron chi connectivity index (χ2n) is 9.05. The molecule has 1 N–H and O–H groups in total. The van der Waals surface area contributed by atoms with Gasteiger partial charge < -0.3 is 14.2 Å². The van der Waals surface area contributed by atoms with Crippen molar-refractivity contribution in [2.24, 2.45) is 5.10 Å². The van der Waals surface area contributed by atoms with E-state index >= 15 is 0 Å². The molecule has 0 spiro atoms. The van der Waals surface area contributed by atoms with Crippen molar-refractivity contribution in [3.05, 3.63) is 136 Å². The summed E-state index contributed by atoms with van der Waals surface area (Å²) in [4.78, 5) is 37.9. The van der Waals surface area contributed by atoms with Gasteiger partial charge in [-0.1, -0.05) is 59.6 Å². The Morgan fingerprint density at radius 1 is 0.698 bits per heavy atom. The van der Waals surface area contributed by atoms with Gasteiger partial charge in [-0.3, -0.25) is 4.79 Å². The first-order valence-corrected chi connectivity index (χ1v) is 13.6. The van der Waals surface area contributed by atoms with Crippen LogP contribution >= 0.6 is 23.2 Å². The molecule has 0 aliphatic carbocycles. The minimum Gasteiger partial charge on any atom is -0.483 e. The third-order valence-electron chi connectivity index (χ3n) is 6.06. The van der Waals surface area contributed by atoms with Gasteiger partial charge in [0.15, 0.2) is 6.61 Å². The third kappa shape index (κ3) is 7.77. The monoisotopic (exact) mass is 612 g/mol. The Labute approximate surface area is 256 Å². The van der Waals surface area contributed by atoms with Gasteiger partial charge in [-0.2, -0.15) is 5.10 Å². The molecule has 0 fully saturated rings. The number of carbonyl (C=O) groups is 3. The number of hydrogen-bond donors (Lipinski definition) is 1. The molecule has 10 heteroatoms. The summed E-state index contributed by atoms with van der Waals surface area (Å²) in [6.45, 7) is -0.274. The van der Waals surface area contributed by atoms with Crippen LogP contribution in [0.15, 0.2) is 114 Å². The first-order chi connectivity index (χ1) is 20.9. The smallest absolute Gasteiger partial charge is 0.343 e. The number of hydrogen-bond acceptors (Lipinski definition) is 7. The van der Waals surface area contributed by atoms with Crippen molar-refractivity contribution in [3.8, 4) is 17.2 Å². The van der Waals surface area contributed by atoms with Crippen LogP contribution in [0, 0.1) is 0 Å². The average Bonchev–Trinajstić information content (AvgIpc) is 3.01. The molecule has 214 valence electrons. The Balaban J connectivity index is 1.30. The molecule has 5 rings (SSSR count). The lowest BCUT2D eigenvalue weighted by atomic mass is 10.1. The number of benzene rings is 5. The van der Waals surface area contributed by atoms with Crippen molar-refractivity contribution in [2.75, 3.05) is 6.61 Å². The Morgan fingerprint density at radius 2 is 1.33 bits per heavy atom. The van der Waals surface area contributed by atoms with Crippen molar-refractivity contribution in [1.82, 2.24) is 5.43 Å². The molecular weight excluding hydrogens is 591 g/mol. The summed E-state index contributed by atoms with van der Waals surface area (Å²) in [5, 5.41) is 6.78. The normalized spacial score (nSPS) is 10.8. The lowest BCUT2D eigenvalue weighted by molar-refractivity contribution is -0.123. The zero-order valence-corrected chi connectivity index (χ0v) is 23.8. The fourth-order valence-electron chi connectivity index (χ4n) is 3.94. The summed E-state index contributed by atoms with van der Waals surface area (Å²) in [7, 11) is 0. The van der Waals surface area contributed by atoms with Gasteiger partial charge in [-0.25, -0.2) is 15.0 Å². The number of nitrogens with zero attached hydrogens (tertiary/aromatic N) is 1. The van der Waals surface area contributed by atoms with E-state index in [-0.39, 0.29) is 29.2 Å². The molecule has 0 bridgehead atoms. The van der Waals surface area contributed by atoms with Crippen LogP contribution in [0.4, 0.5) is 0 Å². The molecule has 0 saturated carbocycles. The number of ether oxygens (including phenoxy) is 3. The summed E-state index contributed by atoms with van der Waals surface area (Å²) in [5.41, 5.74) is 3.24. The number of fused-ring (bicyclic) bond motifs is 1.